The normalized spacial score (nSPS) is 15.7. The third-order valence-electron chi connectivity index (χ3n) is 5.56. The van der Waals surface area contributed by atoms with Gasteiger partial charge in [0, 0.05) is 44.8 Å². The third kappa shape index (κ3) is 6.87. The van der Waals surface area contributed by atoms with Crippen LogP contribution in [0.3, 0.4) is 0 Å². The maximum Gasteiger partial charge on any atom is 0.241 e. The Hall–Kier alpha value is -2.25. The Balaban J connectivity index is 1.48. The highest BCUT2D eigenvalue weighted by Gasteiger charge is 2.24. The Morgan fingerprint density at radius 1 is 1.03 bits per heavy atom. The van der Waals surface area contributed by atoms with Crippen LogP contribution in [0.15, 0.2) is 28.8 Å². The number of aryl methyl sites for hydroxylation is 1. The maximum absolute atomic E-state index is 12.9. The summed E-state index contributed by atoms with van der Waals surface area (Å²) in [5, 5.41) is 4.16. The molecule has 0 atom stereocenters. The number of amides is 1. The molecule has 2 aromatic rings. The van der Waals surface area contributed by atoms with Crippen molar-refractivity contribution in [2.24, 2.45) is 11.8 Å². The molecule has 1 aliphatic heterocycles. The van der Waals surface area contributed by atoms with Crippen molar-refractivity contribution >= 4 is 5.91 Å². The van der Waals surface area contributed by atoms with Crippen LogP contribution in [0, 0.1) is 18.8 Å². The summed E-state index contributed by atoms with van der Waals surface area (Å²) in [4.78, 5) is 24.1. The van der Waals surface area contributed by atoms with Gasteiger partial charge in [-0.15, -0.1) is 0 Å². The minimum Gasteiger partial charge on any atom is -0.341 e. The van der Waals surface area contributed by atoms with Gasteiger partial charge in [0.05, 0.1) is 13.1 Å². The topological polar surface area (TPSA) is 65.7 Å². The average Bonchev–Trinajstić information content (AvgIpc) is 3.17. The molecular weight excluding hydrogens is 390 g/mol. The van der Waals surface area contributed by atoms with Crippen molar-refractivity contribution in [1.29, 1.82) is 0 Å². The van der Waals surface area contributed by atoms with Gasteiger partial charge in [-0.25, -0.2) is 0 Å². The van der Waals surface area contributed by atoms with Crippen molar-refractivity contribution in [3.63, 3.8) is 0 Å². The zero-order chi connectivity index (χ0) is 22.4. The quantitative estimate of drug-likeness (QED) is 0.612. The fraction of sp³-hybridized carbons (Fsp3) is 0.625. The zero-order valence-corrected chi connectivity index (χ0v) is 19.7. The Bertz CT molecular complexity index is 830. The Kier molecular flexibility index (Phi) is 8.21. The number of piperazine rings is 1. The minimum absolute atomic E-state index is 0.246. The summed E-state index contributed by atoms with van der Waals surface area (Å²) in [6.45, 7) is 17.1. The molecule has 170 valence electrons. The van der Waals surface area contributed by atoms with E-state index in [-0.39, 0.29) is 5.91 Å². The van der Waals surface area contributed by atoms with E-state index in [1.54, 1.807) is 0 Å². The SMILES string of the molecule is Cc1ccccc1-c1noc(CN2CCN(CC(=O)N(CC(C)C)CC(C)C)CC2)n1. The first-order valence-electron chi connectivity index (χ1n) is 11.4. The summed E-state index contributed by atoms with van der Waals surface area (Å²) in [6.07, 6.45) is 0. The van der Waals surface area contributed by atoms with E-state index >= 15 is 0 Å². The van der Waals surface area contributed by atoms with Crippen LogP contribution in [0.1, 0.15) is 39.1 Å². The molecule has 1 aromatic carbocycles. The molecule has 1 fully saturated rings. The van der Waals surface area contributed by atoms with E-state index in [2.05, 4.69) is 60.6 Å². The van der Waals surface area contributed by atoms with E-state index < -0.39 is 0 Å². The molecule has 1 aromatic heterocycles. The predicted octanol–water partition coefficient (Wildman–Crippen LogP) is 3.30. The van der Waals surface area contributed by atoms with Gasteiger partial charge in [-0.05, 0) is 24.3 Å². The van der Waals surface area contributed by atoms with E-state index in [9.17, 15) is 4.79 Å². The molecule has 0 aliphatic carbocycles. The van der Waals surface area contributed by atoms with Crippen molar-refractivity contribution in [3.05, 3.63) is 35.7 Å². The lowest BCUT2D eigenvalue weighted by Gasteiger charge is -2.35. The molecule has 7 nitrogen and oxygen atoms in total. The first kappa shape index (κ1) is 23.4. The lowest BCUT2D eigenvalue weighted by atomic mass is 10.1. The summed E-state index contributed by atoms with van der Waals surface area (Å²) in [5.41, 5.74) is 2.14. The molecule has 7 heteroatoms. The van der Waals surface area contributed by atoms with Crippen molar-refractivity contribution in [2.75, 3.05) is 45.8 Å². The van der Waals surface area contributed by atoms with E-state index in [1.165, 1.54) is 0 Å². The molecule has 2 heterocycles. The van der Waals surface area contributed by atoms with Gasteiger partial charge in [0.25, 0.3) is 0 Å². The van der Waals surface area contributed by atoms with E-state index in [1.807, 2.05) is 23.1 Å². The summed E-state index contributed by atoms with van der Waals surface area (Å²) in [5.74, 6) is 2.50. The average molecular weight is 428 g/mol. The van der Waals surface area contributed by atoms with Crippen molar-refractivity contribution in [1.82, 2.24) is 24.8 Å². The second-order valence-corrected chi connectivity index (χ2v) is 9.47. The smallest absolute Gasteiger partial charge is 0.241 e. The van der Waals surface area contributed by atoms with E-state index in [0.29, 0.717) is 36.6 Å². The molecule has 0 bridgehead atoms. The fourth-order valence-corrected chi connectivity index (χ4v) is 4.00. The van der Waals surface area contributed by atoms with Gasteiger partial charge in [0.1, 0.15) is 0 Å². The van der Waals surface area contributed by atoms with E-state index in [0.717, 1.165) is 50.4 Å². The number of aromatic nitrogens is 2. The summed E-state index contributed by atoms with van der Waals surface area (Å²) in [6, 6.07) is 8.06. The van der Waals surface area contributed by atoms with Crippen LogP contribution in [0.2, 0.25) is 0 Å². The third-order valence-corrected chi connectivity index (χ3v) is 5.56. The zero-order valence-electron chi connectivity index (χ0n) is 19.7. The van der Waals surface area contributed by atoms with Crippen LogP contribution in [0.25, 0.3) is 11.4 Å². The van der Waals surface area contributed by atoms with Gasteiger partial charge in [-0.1, -0.05) is 57.1 Å². The highest BCUT2D eigenvalue weighted by Crippen LogP contribution is 2.20. The lowest BCUT2D eigenvalue weighted by Crippen LogP contribution is -2.50. The monoisotopic (exact) mass is 427 g/mol. The molecule has 3 rings (SSSR count). The van der Waals surface area contributed by atoms with Gasteiger partial charge in [-0.2, -0.15) is 4.98 Å². The molecule has 0 saturated carbocycles. The largest absolute Gasteiger partial charge is 0.341 e. The van der Waals surface area contributed by atoms with Crippen LogP contribution in [-0.2, 0) is 11.3 Å². The van der Waals surface area contributed by atoms with Gasteiger partial charge >= 0.3 is 0 Å². The number of rotatable bonds is 9. The van der Waals surface area contributed by atoms with Gasteiger partial charge in [0.2, 0.25) is 17.6 Å². The van der Waals surface area contributed by atoms with Crippen LogP contribution >= 0.6 is 0 Å². The van der Waals surface area contributed by atoms with Crippen LogP contribution in [0.5, 0.6) is 0 Å². The number of hydrogen-bond donors (Lipinski definition) is 0. The van der Waals surface area contributed by atoms with Crippen LogP contribution < -0.4 is 0 Å². The fourth-order valence-electron chi connectivity index (χ4n) is 4.00. The Morgan fingerprint density at radius 2 is 1.65 bits per heavy atom. The highest BCUT2D eigenvalue weighted by atomic mass is 16.5. The van der Waals surface area contributed by atoms with Crippen molar-refractivity contribution < 1.29 is 9.32 Å². The van der Waals surface area contributed by atoms with E-state index in [4.69, 9.17) is 4.52 Å². The molecule has 0 N–H and O–H groups in total. The molecule has 0 unspecified atom stereocenters. The van der Waals surface area contributed by atoms with Gasteiger partial charge < -0.3 is 9.42 Å². The first-order chi connectivity index (χ1) is 14.8. The van der Waals surface area contributed by atoms with Crippen molar-refractivity contribution in [3.8, 4) is 11.4 Å². The predicted molar refractivity (Wildman–Crippen MR) is 122 cm³/mol. The standard InChI is InChI=1S/C24H37N5O2/c1-18(2)14-29(15-19(3)4)23(30)17-28-12-10-27(11-13-28)16-22-25-24(26-31-22)21-9-7-6-8-20(21)5/h6-9,18-19H,10-17H2,1-5H3. The molecule has 1 aliphatic rings. The maximum atomic E-state index is 12.9. The summed E-state index contributed by atoms with van der Waals surface area (Å²) >= 11 is 0. The first-order valence-corrected chi connectivity index (χ1v) is 11.4. The summed E-state index contributed by atoms with van der Waals surface area (Å²) in [7, 11) is 0. The summed E-state index contributed by atoms with van der Waals surface area (Å²) < 4.78 is 5.50. The number of carbonyl (C=O) groups excluding carboxylic acids is 1. The second kappa shape index (κ2) is 10.9. The molecule has 1 saturated heterocycles. The number of benzene rings is 1. The number of hydrogen-bond acceptors (Lipinski definition) is 6. The van der Waals surface area contributed by atoms with Crippen molar-refractivity contribution in [2.45, 2.75) is 41.2 Å². The molecule has 1 amide bonds. The molecular formula is C24H37N5O2. The molecule has 0 radical (unpaired) electrons. The minimum atomic E-state index is 0.246. The van der Waals surface area contributed by atoms with Gasteiger partial charge in [0.15, 0.2) is 0 Å². The number of nitrogens with zero attached hydrogens (tertiary/aromatic N) is 5. The second-order valence-electron chi connectivity index (χ2n) is 9.47. The number of carbonyl (C=O) groups is 1. The van der Waals surface area contributed by atoms with Crippen LogP contribution in [0.4, 0.5) is 0 Å². The highest BCUT2D eigenvalue weighted by molar-refractivity contribution is 5.78. The lowest BCUT2D eigenvalue weighted by molar-refractivity contribution is -0.134. The van der Waals surface area contributed by atoms with Gasteiger partial charge in [-0.3, -0.25) is 14.6 Å². The molecule has 0 spiro atoms. The molecule has 31 heavy (non-hydrogen) atoms. The Labute approximate surface area is 186 Å². The Morgan fingerprint density at radius 3 is 2.26 bits per heavy atom. The van der Waals surface area contributed by atoms with Crippen LogP contribution in [-0.4, -0.2) is 76.6 Å².